The third-order valence-electron chi connectivity index (χ3n) is 6.44. The molecule has 5 rings (SSSR count). The van der Waals surface area contributed by atoms with Gasteiger partial charge in [-0.3, -0.25) is 14.6 Å². The Morgan fingerprint density at radius 2 is 2.03 bits per heavy atom. The van der Waals surface area contributed by atoms with Crippen LogP contribution in [-0.4, -0.2) is 63.7 Å². The number of benzene rings is 1. The topological polar surface area (TPSA) is 115 Å². The zero-order valence-electron chi connectivity index (χ0n) is 18.9. The van der Waals surface area contributed by atoms with Crippen LogP contribution in [0.1, 0.15) is 25.3 Å². The van der Waals surface area contributed by atoms with Crippen molar-refractivity contribution in [3.63, 3.8) is 0 Å². The third-order valence-corrected chi connectivity index (χ3v) is 6.44. The average Bonchev–Trinajstić information content (AvgIpc) is 3.17. The molecule has 172 valence electrons. The second-order valence-electron chi connectivity index (χ2n) is 8.58. The molecule has 1 atom stereocenters. The fourth-order valence-electron chi connectivity index (χ4n) is 4.69. The van der Waals surface area contributed by atoms with E-state index < -0.39 is 0 Å². The van der Waals surface area contributed by atoms with E-state index in [0.717, 1.165) is 43.1 Å². The van der Waals surface area contributed by atoms with Crippen molar-refractivity contribution in [1.82, 2.24) is 19.3 Å². The molecule has 4 heterocycles. The number of aliphatic imine (C=N–C) groups is 1. The molecule has 0 spiro atoms. The van der Waals surface area contributed by atoms with Gasteiger partial charge in [-0.1, -0.05) is 18.2 Å². The van der Waals surface area contributed by atoms with Gasteiger partial charge in [-0.2, -0.15) is 5.10 Å². The van der Waals surface area contributed by atoms with Gasteiger partial charge in [0.25, 0.3) is 5.56 Å². The molecule has 33 heavy (non-hydrogen) atoms. The molecule has 2 N–H and O–H groups in total. The summed E-state index contributed by atoms with van der Waals surface area (Å²) >= 11 is 0. The van der Waals surface area contributed by atoms with Crippen LogP contribution in [0.15, 0.2) is 40.2 Å². The minimum absolute atomic E-state index is 0.0315. The van der Waals surface area contributed by atoms with Gasteiger partial charge >= 0.3 is 0 Å². The number of aromatic nitrogens is 4. The summed E-state index contributed by atoms with van der Waals surface area (Å²) in [5.41, 5.74) is 9.31. The molecule has 2 aliphatic heterocycles. The number of amides is 1. The number of fused-ring (bicyclic) bond motifs is 2. The molecule has 10 heteroatoms. The summed E-state index contributed by atoms with van der Waals surface area (Å²) in [4.78, 5) is 38.9. The van der Waals surface area contributed by atoms with Gasteiger partial charge < -0.3 is 20.1 Å². The number of carbonyl (C=O) groups is 1. The largest absolute Gasteiger partial charge is 0.341 e. The highest BCUT2D eigenvalue weighted by Crippen LogP contribution is 2.25. The fourth-order valence-corrected chi connectivity index (χ4v) is 4.69. The van der Waals surface area contributed by atoms with Gasteiger partial charge in [-0.25, -0.2) is 9.67 Å². The van der Waals surface area contributed by atoms with Crippen LogP contribution in [0, 0.1) is 0 Å². The maximum absolute atomic E-state index is 13.5. The SMILES string of the molecule is CCn1c(N2CCCC(N)C2)nc2cnn(CC3=NCC(=O)N(C)c4ccccc43)c(=O)c21. The summed E-state index contributed by atoms with van der Waals surface area (Å²) in [5, 5.41) is 4.40. The maximum atomic E-state index is 13.5. The molecule has 3 aromatic rings. The number of imidazole rings is 1. The van der Waals surface area contributed by atoms with Gasteiger partial charge in [-0.05, 0) is 25.8 Å². The highest BCUT2D eigenvalue weighted by Gasteiger charge is 2.25. The lowest BCUT2D eigenvalue weighted by atomic mass is 10.1. The minimum atomic E-state index is -0.224. The van der Waals surface area contributed by atoms with E-state index in [4.69, 9.17) is 10.7 Å². The molecule has 2 aromatic heterocycles. The van der Waals surface area contributed by atoms with Crippen molar-refractivity contribution < 1.29 is 4.79 Å². The fraction of sp³-hybridized carbons (Fsp3) is 0.435. The van der Waals surface area contributed by atoms with Crippen LogP contribution in [0.2, 0.25) is 0 Å². The smallest absolute Gasteiger partial charge is 0.293 e. The van der Waals surface area contributed by atoms with Crippen molar-refractivity contribution in [2.45, 2.75) is 38.9 Å². The first-order valence-electron chi connectivity index (χ1n) is 11.3. The van der Waals surface area contributed by atoms with Crippen LogP contribution >= 0.6 is 0 Å². The van der Waals surface area contributed by atoms with Crippen molar-refractivity contribution in [2.24, 2.45) is 10.7 Å². The van der Waals surface area contributed by atoms with Crippen LogP contribution < -0.4 is 21.1 Å². The zero-order valence-corrected chi connectivity index (χ0v) is 18.9. The molecule has 2 aliphatic rings. The predicted molar refractivity (Wildman–Crippen MR) is 128 cm³/mol. The van der Waals surface area contributed by atoms with Gasteiger partial charge in [0, 0.05) is 38.3 Å². The lowest BCUT2D eigenvalue weighted by Gasteiger charge is -2.31. The number of nitrogens with zero attached hydrogens (tertiary/aromatic N) is 7. The molecule has 0 bridgehead atoms. The number of hydrogen-bond acceptors (Lipinski definition) is 7. The number of anilines is 2. The van der Waals surface area contributed by atoms with Gasteiger partial charge in [0.05, 0.1) is 24.1 Å². The van der Waals surface area contributed by atoms with Crippen LogP contribution in [0.25, 0.3) is 11.0 Å². The monoisotopic (exact) mass is 448 g/mol. The van der Waals surface area contributed by atoms with E-state index in [1.54, 1.807) is 18.1 Å². The Hall–Kier alpha value is -3.53. The molecule has 10 nitrogen and oxygen atoms in total. The van der Waals surface area contributed by atoms with Crippen LogP contribution in [0.4, 0.5) is 11.6 Å². The van der Waals surface area contributed by atoms with Crippen molar-refractivity contribution in [2.75, 3.05) is 36.5 Å². The first-order chi connectivity index (χ1) is 16.0. The summed E-state index contributed by atoms with van der Waals surface area (Å²) in [5.74, 6) is 0.672. The Morgan fingerprint density at radius 1 is 1.21 bits per heavy atom. The average molecular weight is 449 g/mol. The lowest BCUT2D eigenvalue weighted by Crippen LogP contribution is -2.44. The lowest BCUT2D eigenvalue weighted by molar-refractivity contribution is -0.116. The Labute approximate surface area is 191 Å². The van der Waals surface area contributed by atoms with Crippen LogP contribution in [0.3, 0.4) is 0 Å². The number of carbonyl (C=O) groups excluding carboxylic acids is 1. The highest BCUT2D eigenvalue weighted by atomic mass is 16.2. The highest BCUT2D eigenvalue weighted by molar-refractivity contribution is 6.11. The summed E-state index contributed by atoms with van der Waals surface area (Å²) in [7, 11) is 1.74. The van der Waals surface area contributed by atoms with E-state index in [9.17, 15) is 9.59 Å². The second kappa shape index (κ2) is 8.43. The molecule has 0 saturated carbocycles. The van der Waals surface area contributed by atoms with Crippen molar-refractivity contribution in [3.8, 4) is 0 Å². The normalized spacial score (nSPS) is 18.9. The first-order valence-corrected chi connectivity index (χ1v) is 11.3. The van der Waals surface area contributed by atoms with E-state index in [1.165, 1.54) is 4.68 Å². The number of hydrogen-bond donors (Lipinski definition) is 1. The summed E-state index contributed by atoms with van der Waals surface area (Å²) < 4.78 is 3.36. The Balaban J connectivity index is 1.56. The van der Waals surface area contributed by atoms with Crippen LogP contribution in [-0.2, 0) is 17.9 Å². The zero-order chi connectivity index (χ0) is 23.1. The van der Waals surface area contributed by atoms with E-state index in [-0.39, 0.29) is 30.6 Å². The van der Waals surface area contributed by atoms with Crippen molar-refractivity contribution >= 4 is 34.3 Å². The molecule has 1 saturated heterocycles. The Bertz CT molecular complexity index is 1310. The van der Waals surface area contributed by atoms with Crippen molar-refractivity contribution in [1.29, 1.82) is 0 Å². The summed E-state index contributed by atoms with van der Waals surface area (Å²) in [6, 6.07) is 7.69. The van der Waals surface area contributed by atoms with E-state index >= 15 is 0 Å². The maximum Gasteiger partial charge on any atom is 0.293 e. The first kappa shape index (κ1) is 21.3. The molecule has 1 aromatic carbocycles. The van der Waals surface area contributed by atoms with E-state index in [2.05, 4.69) is 15.0 Å². The van der Waals surface area contributed by atoms with Gasteiger partial charge in [-0.15, -0.1) is 0 Å². The van der Waals surface area contributed by atoms with Gasteiger partial charge in [0.1, 0.15) is 17.6 Å². The Morgan fingerprint density at radius 3 is 2.82 bits per heavy atom. The third kappa shape index (κ3) is 3.70. The van der Waals surface area contributed by atoms with Crippen LogP contribution in [0.5, 0.6) is 0 Å². The minimum Gasteiger partial charge on any atom is -0.341 e. The molecule has 0 aliphatic carbocycles. The Kier molecular flexibility index (Phi) is 5.45. The molecular weight excluding hydrogens is 420 g/mol. The standard InChI is InChI=1S/C23H28N8O2/c1-3-30-21-17(27-23(30)29-10-6-7-15(24)13-29)11-26-31(22(21)33)14-18-16-8-4-5-9-19(16)28(2)20(32)12-25-18/h4-5,8-9,11,15H,3,6-7,10,12-14,24H2,1-2H3. The molecule has 0 radical (unpaired) electrons. The van der Waals surface area contributed by atoms with Gasteiger partial charge in [0.2, 0.25) is 11.9 Å². The molecule has 1 fully saturated rings. The number of likely N-dealkylation sites (N-methyl/N-ethyl adjacent to an activating group) is 1. The van der Waals surface area contributed by atoms with Gasteiger partial charge in [0.15, 0.2) is 0 Å². The molecule has 1 unspecified atom stereocenters. The number of benzodiazepines with no additional fused rings is 1. The van der Waals surface area contributed by atoms with E-state index in [1.807, 2.05) is 35.8 Å². The molecular formula is C23H28N8O2. The quantitative estimate of drug-likeness (QED) is 0.637. The number of nitrogens with two attached hydrogens (primary N) is 1. The number of rotatable bonds is 4. The van der Waals surface area contributed by atoms with Crippen molar-refractivity contribution in [3.05, 3.63) is 46.4 Å². The predicted octanol–water partition coefficient (Wildman–Crippen LogP) is 1.01. The number of para-hydroxylation sites is 1. The molecule has 1 amide bonds. The number of piperidine rings is 1. The summed E-state index contributed by atoms with van der Waals surface area (Å²) in [6.45, 7) is 4.41. The second-order valence-corrected chi connectivity index (χ2v) is 8.58. The summed E-state index contributed by atoms with van der Waals surface area (Å²) in [6.07, 6.45) is 3.64. The number of aryl methyl sites for hydroxylation is 1. The van der Waals surface area contributed by atoms with E-state index in [0.29, 0.717) is 23.3 Å².